The highest BCUT2D eigenvalue weighted by atomic mass is 16.2. The van der Waals surface area contributed by atoms with Crippen LogP contribution in [0.1, 0.15) is 23.1 Å². The summed E-state index contributed by atoms with van der Waals surface area (Å²) in [4.78, 5) is 27.3. The molecule has 6 heteroatoms. The van der Waals surface area contributed by atoms with Crippen LogP contribution in [0.25, 0.3) is 0 Å². The van der Waals surface area contributed by atoms with Gasteiger partial charge in [0.1, 0.15) is 5.82 Å². The van der Waals surface area contributed by atoms with Gasteiger partial charge in [-0.15, -0.1) is 0 Å². The van der Waals surface area contributed by atoms with Crippen LogP contribution in [0, 0.1) is 0 Å². The van der Waals surface area contributed by atoms with E-state index in [1.165, 1.54) is 6.92 Å². The molecule has 110 valence electrons. The summed E-state index contributed by atoms with van der Waals surface area (Å²) >= 11 is 0. The van der Waals surface area contributed by atoms with E-state index in [1.807, 2.05) is 17.8 Å². The fourth-order valence-electron chi connectivity index (χ4n) is 1.97. The number of aryl methyl sites for hydroxylation is 1. The second-order valence-corrected chi connectivity index (χ2v) is 4.72. The monoisotopic (exact) mass is 286 g/mol. The number of carbonyl (C=O) groups excluding carboxylic acids is 2. The van der Waals surface area contributed by atoms with Crippen LogP contribution in [0.5, 0.6) is 0 Å². The van der Waals surface area contributed by atoms with Gasteiger partial charge in [0.15, 0.2) is 0 Å². The van der Waals surface area contributed by atoms with Crippen LogP contribution in [0.15, 0.2) is 36.7 Å². The molecular formula is C15H18N4O2. The predicted molar refractivity (Wildman–Crippen MR) is 80.0 cm³/mol. The second-order valence-electron chi connectivity index (χ2n) is 4.72. The van der Waals surface area contributed by atoms with Gasteiger partial charge >= 0.3 is 0 Å². The number of aromatic nitrogens is 2. The van der Waals surface area contributed by atoms with E-state index in [-0.39, 0.29) is 11.8 Å². The van der Waals surface area contributed by atoms with Crippen molar-refractivity contribution in [1.29, 1.82) is 0 Å². The molecule has 2 N–H and O–H groups in total. The molecule has 21 heavy (non-hydrogen) atoms. The van der Waals surface area contributed by atoms with Gasteiger partial charge in [-0.25, -0.2) is 4.98 Å². The lowest BCUT2D eigenvalue weighted by molar-refractivity contribution is -0.114. The molecular weight excluding hydrogens is 268 g/mol. The summed E-state index contributed by atoms with van der Waals surface area (Å²) in [5.74, 6) is 0.584. The number of hydrogen-bond donors (Lipinski definition) is 2. The summed E-state index contributed by atoms with van der Waals surface area (Å²) in [5, 5.41) is 5.49. The van der Waals surface area contributed by atoms with Crippen LogP contribution in [0.2, 0.25) is 0 Å². The smallest absolute Gasteiger partial charge is 0.251 e. The first-order valence-corrected chi connectivity index (χ1v) is 6.68. The average molecular weight is 286 g/mol. The van der Waals surface area contributed by atoms with E-state index in [0.29, 0.717) is 24.2 Å². The van der Waals surface area contributed by atoms with Crippen LogP contribution in [-0.4, -0.2) is 27.9 Å². The number of hydrogen-bond acceptors (Lipinski definition) is 3. The van der Waals surface area contributed by atoms with Crippen molar-refractivity contribution >= 4 is 17.5 Å². The van der Waals surface area contributed by atoms with Gasteiger partial charge in [0.2, 0.25) is 5.91 Å². The Morgan fingerprint density at radius 3 is 2.81 bits per heavy atom. The summed E-state index contributed by atoms with van der Waals surface area (Å²) in [6.07, 6.45) is 4.27. The minimum atomic E-state index is -0.170. The molecule has 0 aliphatic rings. The first-order valence-electron chi connectivity index (χ1n) is 6.68. The SMILES string of the molecule is CC(=O)Nc1cccc(C(=O)NCCc2nccn2C)c1. The summed E-state index contributed by atoms with van der Waals surface area (Å²) in [6, 6.07) is 6.84. The summed E-state index contributed by atoms with van der Waals surface area (Å²) in [5.41, 5.74) is 1.13. The largest absolute Gasteiger partial charge is 0.352 e. The zero-order valence-electron chi connectivity index (χ0n) is 12.1. The van der Waals surface area contributed by atoms with Crippen molar-refractivity contribution in [2.24, 2.45) is 7.05 Å². The van der Waals surface area contributed by atoms with Gasteiger partial charge in [-0.05, 0) is 18.2 Å². The van der Waals surface area contributed by atoms with Crippen molar-refractivity contribution in [3.63, 3.8) is 0 Å². The van der Waals surface area contributed by atoms with E-state index in [9.17, 15) is 9.59 Å². The molecule has 0 atom stereocenters. The molecule has 0 unspecified atom stereocenters. The molecule has 0 spiro atoms. The van der Waals surface area contributed by atoms with Crippen LogP contribution in [0.3, 0.4) is 0 Å². The van der Waals surface area contributed by atoms with Crippen molar-refractivity contribution in [2.45, 2.75) is 13.3 Å². The molecule has 0 bridgehead atoms. The number of amides is 2. The first-order chi connectivity index (χ1) is 10.1. The number of benzene rings is 1. The van der Waals surface area contributed by atoms with E-state index in [1.54, 1.807) is 30.5 Å². The molecule has 2 amide bonds. The van der Waals surface area contributed by atoms with E-state index in [4.69, 9.17) is 0 Å². The van der Waals surface area contributed by atoms with Gasteiger partial charge in [-0.2, -0.15) is 0 Å². The summed E-state index contributed by atoms with van der Waals surface area (Å²) in [6.45, 7) is 1.94. The number of imidazole rings is 1. The molecule has 6 nitrogen and oxygen atoms in total. The minimum absolute atomic E-state index is 0.164. The van der Waals surface area contributed by atoms with E-state index in [2.05, 4.69) is 15.6 Å². The quantitative estimate of drug-likeness (QED) is 0.871. The Morgan fingerprint density at radius 2 is 2.14 bits per heavy atom. The molecule has 0 saturated carbocycles. The van der Waals surface area contributed by atoms with Gasteiger partial charge < -0.3 is 15.2 Å². The Labute approximate surface area is 123 Å². The number of carbonyl (C=O) groups is 2. The molecule has 0 aliphatic heterocycles. The zero-order chi connectivity index (χ0) is 15.2. The van der Waals surface area contributed by atoms with Crippen LogP contribution < -0.4 is 10.6 Å². The highest BCUT2D eigenvalue weighted by Gasteiger charge is 2.07. The van der Waals surface area contributed by atoms with Gasteiger partial charge in [0.05, 0.1) is 0 Å². The van der Waals surface area contributed by atoms with Crippen molar-refractivity contribution < 1.29 is 9.59 Å². The molecule has 0 radical (unpaired) electrons. The van der Waals surface area contributed by atoms with Crippen molar-refractivity contribution in [2.75, 3.05) is 11.9 Å². The average Bonchev–Trinajstić information content (AvgIpc) is 2.84. The lowest BCUT2D eigenvalue weighted by atomic mass is 10.2. The molecule has 2 rings (SSSR count). The normalized spacial score (nSPS) is 10.2. The third-order valence-corrected chi connectivity index (χ3v) is 3.00. The molecule has 1 aromatic heterocycles. The molecule has 1 aromatic carbocycles. The predicted octanol–water partition coefficient (Wildman–Crippen LogP) is 1.35. The standard InChI is InChI=1S/C15H18N4O2/c1-11(20)18-13-5-3-4-12(10-13)15(21)17-7-6-14-16-8-9-19(14)2/h3-5,8-10H,6-7H2,1-2H3,(H,17,21)(H,18,20). The minimum Gasteiger partial charge on any atom is -0.352 e. The second kappa shape index (κ2) is 6.69. The topological polar surface area (TPSA) is 76.0 Å². The fourth-order valence-corrected chi connectivity index (χ4v) is 1.97. The maximum atomic E-state index is 12.0. The molecule has 2 aromatic rings. The Balaban J connectivity index is 1.91. The van der Waals surface area contributed by atoms with Crippen LogP contribution in [0.4, 0.5) is 5.69 Å². The summed E-state index contributed by atoms with van der Waals surface area (Å²) in [7, 11) is 1.92. The maximum Gasteiger partial charge on any atom is 0.251 e. The zero-order valence-corrected chi connectivity index (χ0v) is 12.1. The first kappa shape index (κ1) is 14.8. The highest BCUT2D eigenvalue weighted by Crippen LogP contribution is 2.10. The Hall–Kier alpha value is -2.63. The fraction of sp³-hybridized carbons (Fsp3) is 0.267. The number of nitrogens with zero attached hydrogens (tertiary/aromatic N) is 2. The third kappa shape index (κ3) is 4.17. The lowest BCUT2D eigenvalue weighted by Crippen LogP contribution is -2.26. The summed E-state index contributed by atoms with van der Waals surface area (Å²) < 4.78 is 1.92. The van der Waals surface area contributed by atoms with Crippen molar-refractivity contribution in [3.05, 3.63) is 48.0 Å². The third-order valence-electron chi connectivity index (χ3n) is 3.00. The van der Waals surface area contributed by atoms with E-state index in [0.717, 1.165) is 5.82 Å². The number of anilines is 1. The van der Waals surface area contributed by atoms with Crippen LogP contribution in [-0.2, 0) is 18.3 Å². The molecule has 1 heterocycles. The highest BCUT2D eigenvalue weighted by molar-refractivity contribution is 5.96. The number of nitrogens with one attached hydrogen (secondary N) is 2. The van der Waals surface area contributed by atoms with Gasteiger partial charge in [0, 0.05) is 50.6 Å². The maximum absolute atomic E-state index is 12.0. The Morgan fingerprint density at radius 1 is 1.33 bits per heavy atom. The molecule has 0 fully saturated rings. The van der Waals surface area contributed by atoms with E-state index < -0.39 is 0 Å². The van der Waals surface area contributed by atoms with E-state index >= 15 is 0 Å². The van der Waals surface area contributed by atoms with Gasteiger partial charge in [0.25, 0.3) is 5.91 Å². The van der Waals surface area contributed by atoms with Crippen molar-refractivity contribution in [1.82, 2.24) is 14.9 Å². The Bertz CT molecular complexity index is 649. The Kier molecular flexibility index (Phi) is 4.71. The van der Waals surface area contributed by atoms with Gasteiger partial charge in [-0.3, -0.25) is 9.59 Å². The van der Waals surface area contributed by atoms with Crippen LogP contribution >= 0.6 is 0 Å². The number of rotatable bonds is 5. The molecule has 0 aliphatic carbocycles. The lowest BCUT2D eigenvalue weighted by Gasteiger charge is -2.07. The van der Waals surface area contributed by atoms with Crippen molar-refractivity contribution in [3.8, 4) is 0 Å². The van der Waals surface area contributed by atoms with Gasteiger partial charge in [-0.1, -0.05) is 6.07 Å². The molecule has 0 saturated heterocycles.